The summed E-state index contributed by atoms with van der Waals surface area (Å²) >= 11 is 9.81. The van der Waals surface area contributed by atoms with Gasteiger partial charge in [0.25, 0.3) is 0 Å². The van der Waals surface area contributed by atoms with E-state index >= 15 is 0 Å². The molecule has 0 aliphatic rings. The van der Waals surface area contributed by atoms with Gasteiger partial charge >= 0.3 is 6.03 Å². The van der Waals surface area contributed by atoms with Crippen molar-refractivity contribution >= 4 is 55.8 Å². The molecule has 0 fully saturated rings. The van der Waals surface area contributed by atoms with Gasteiger partial charge in [-0.1, -0.05) is 27.5 Å². The third-order valence-electron chi connectivity index (χ3n) is 5.03. The van der Waals surface area contributed by atoms with Crippen LogP contribution in [0.25, 0.3) is 10.9 Å². The van der Waals surface area contributed by atoms with Crippen LogP contribution >= 0.6 is 27.5 Å². The molecule has 1 heterocycles. The summed E-state index contributed by atoms with van der Waals surface area (Å²) < 4.78 is 22.9. The van der Waals surface area contributed by atoms with E-state index in [0.717, 1.165) is 9.86 Å². The zero-order chi connectivity index (χ0) is 24.9. The fourth-order valence-electron chi connectivity index (χ4n) is 3.38. The van der Waals surface area contributed by atoms with Gasteiger partial charge in [0.15, 0.2) is 11.5 Å². The first-order valence-electron chi connectivity index (χ1n) is 10.3. The van der Waals surface area contributed by atoms with Crippen molar-refractivity contribution in [2.45, 2.75) is 0 Å². The average Bonchev–Trinajstić information content (AvgIpc) is 2.85. The van der Waals surface area contributed by atoms with E-state index in [9.17, 15) is 4.79 Å². The number of carbonyl (C=O) groups is 1. The maximum absolute atomic E-state index is 12.5. The minimum atomic E-state index is -0.474. The van der Waals surface area contributed by atoms with Gasteiger partial charge in [0, 0.05) is 28.2 Å². The lowest BCUT2D eigenvalue weighted by atomic mass is 10.2. The molecule has 4 aromatic rings. The van der Waals surface area contributed by atoms with Gasteiger partial charge in [-0.2, -0.15) is 0 Å². The number of benzene rings is 3. The Bertz CT molecular complexity index is 1400. The van der Waals surface area contributed by atoms with Crippen molar-refractivity contribution < 1.29 is 23.7 Å². The van der Waals surface area contributed by atoms with Crippen molar-refractivity contribution in [2.24, 2.45) is 0 Å². The number of ether oxygens (including phenoxy) is 4. The minimum absolute atomic E-state index is 0.302. The zero-order valence-electron chi connectivity index (χ0n) is 19.0. The molecule has 0 aliphatic carbocycles. The van der Waals surface area contributed by atoms with Crippen LogP contribution in [0.1, 0.15) is 0 Å². The molecule has 4 rings (SSSR count). The molecule has 3 aromatic carbocycles. The van der Waals surface area contributed by atoms with Crippen molar-refractivity contribution in [1.29, 1.82) is 0 Å². The standard InChI is InChI=1S/C25H21BrClN3O5/c1-32-22-7-4-14(26)10-20(22)30-25(31)29-18-6-5-15(11-17(18)27)35-21-8-9-28-19-13-24(34-3)23(33-2)12-16(19)21/h4-13H,1-3H3,(H2,29,30,31). The number of methoxy groups -OCH3 is 3. The third-order valence-corrected chi connectivity index (χ3v) is 5.84. The van der Waals surface area contributed by atoms with Crippen LogP contribution in [0.2, 0.25) is 5.02 Å². The van der Waals surface area contributed by atoms with Crippen LogP contribution in [0.15, 0.2) is 65.3 Å². The number of halogens is 2. The Balaban J connectivity index is 1.52. The van der Waals surface area contributed by atoms with E-state index in [-0.39, 0.29) is 0 Å². The molecule has 0 unspecified atom stereocenters. The summed E-state index contributed by atoms with van der Waals surface area (Å²) in [6.45, 7) is 0. The summed E-state index contributed by atoms with van der Waals surface area (Å²) in [4.78, 5) is 16.9. The van der Waals surface area contributed by atoms with E-state index in [0.29, 0.717) is 50.7 Å². The van der Waals surface area contributed by atoms with Gasteiger partial charge in [0.2, 0.25) is 0 Å². The number of carbonyl (C=O) groups excluding carboxylic acids is 1. The first-order chi connectivity index (χ1) is 16.9. The van der Waals surface area contributed by atoms with Crippen molar-refractivity contribution in [3.05, 3.63) is 70.3 Å². The number of hydrogen-bond donors (Lipinski definition) is 2. The fourth-order valence-corrected chi connectivity index (χ4v) is 3.96. The van der Waals surface area contributed by atoms with Crippen molar-refractivity contribution in [3.63, 3.8) is 0 Å². The summed E-state index contributed by atoms with van der Waals surface area (Å²) in [5.74, 6) is 2.70. The van der Waals surface area contributed by atoms with E-state index in [1.54, 1.807) is 68.9 Å². The van der Waals surface area contributed by atoms with E-state index < -0.39 is 6.03 Å². The number of amides is 2. The van der Waals surface area contributed by atoms with Gasteiger partial charge in [-0.3, -0.25) is 4.98 Å². The number of urea groups is 1. The lowest BCUT2D eigenvalue weighted by Gasteiger charge is -2.14. The Morgan fingerprint density at radius 1 is 0.829 bits per heavy atom. The van der Waals surface area contributed by atoms with E-state index in [1.165, 1.54) is 7.11 Å². The second kappa shape index (κ2) is 10.7. The first-order valence-corrected chi connectivity index (χ1v) is 11.5. The maximum atomic E-state index is 12.5. The van der Waals surface area contributed by atoms with Gasteiger partial charge in [0.1, 0.15) is 17.2 Å². The zero-order valence-corrected chi connectivity index (χ0v) is 21.4. The lowest BCUT2D eigenvalue weighted by Crippen LogP contribution is -2.20. The molecule has 10 heteroatoms. The number of anilines is 2. The first kappa shape index (κ1) is 24.4. The summed E-state index contributed by atoms with van der Waals surface area (Å²) in [7, 11) is 4.66. The van der Waals surface area contributed by atoms with Crippen LogP contribution in [-0.4, -0.2) is 32.3 Å². The molecule has 0 aliphatic heterocycles. The molecule has 8 nitrogen and oxygen atoms in total. The Hall–Kier alpha value is -3.69. The number of pyridine rings is 1. The average molecular weight is 559 g/mol. The lowest BCUT2D eigenvalue weighted by molar-refractivity contribution is 0.262. The molecule has 2 N–H and O–H groups in total. The summed E-state index contributed by atoms with van der Waals surface area (Å²) in [5.41, 5.74) is 1.60. The van der Waals surface area contributed by atoms with Crippen LogP contribution in [0.4, 0.5) is 16.2 Å². The van der Waals surface area contributed by atoms with Crippen LogP contribution < -0.4 is 29.6 Å². The highest BCUT2D eigenvalue weighted by Crippen LogP contribution is 2.38. The largest absolute Gasteiger partial charge is 0.495 e. The smallest absolute Gasteiger partial charge is 0.323 e. The monoisotopic (exact) mass is 557 g/mol. The van der Waals surface area contributed by atoms with Crippen molar-refractivity contribution in [1.82, 2.24) is 4.98 Å². The molecule has 35 heavy (non-hydrogen) atoms. The molecule has 0 bridgehead atoms. The van der Waals surface area contributed by atoms with Crippen LogP contribution in [0.5, 0.6) is 28.7 Å². The quantitative estimate of drug-likeness (QED) is 0.251. The van der Waals surface area contributed by atoms with Gasteiger partial charge in [-0.15, -0.1) is 0 Å². The minimum Gasteiger partial charge on any atom is -0.495 e. The van der Waals surface area contributed by atoms with E-state index in [4.69, 9.17) is 30.5 Å². The Morgan fingerprint density at radius 2 is 1.54 bits per heavy atom. The van der Waals surface area contributed by atoms with Gasteiger partial charge in [-0.05, 0) is 42.5 Å². The normalized spacial score (nSPS) is 10.5. The molecule has 0 spiro atoms. The summed E-state index contributed by atoms with van der Waals surface area (Å²) in [5, 5.41) is 6.52. The Morgan fingerprint density at radius 3 is 2.26 bits per heavy atom. The van der Waals surface area contributed by atoms with Crippen molar-refractivity contribution in [3.8, 4) is 28.7 Å². The summed E-state index contributed by atoms with van der Waals surface area (Å²) in [6.07, 6.45) is 1.64. The Kier molecular flexibility index (Phi) is 7.48. The number of fused-ring (bicyclic) bond motifs is 1. The second-order valence-electron chi connectivity index (χ2n) is 7.20. The topological polar surface area (TPSA) is 90.9 Å². The number of nitrogens with one attached hydrogen (secondary N) is 2. The highest BCUT2D eigenvalue weighted by Gasteiger charge is 2.14. The number of aromatic nitrogens is 1. The molecule has 1 aromatic heterocycles. The molecule has 0 saturated carbocycles. The van der Waals surface area contributed by atoms with Gasteiger partial charge in [-0.25, -0.2) is 4.79 Å². The molecule has 180 valence electrons. The van der Waals surface area contributed by atoms with Crippen LogP contribution in [0.3, 0.4) is 0 Å². The predicted octanol–water partition coefficient (Wildman–Crippen LogP) is 7.11. The number of rotatable bonds is 7. The summed E-state index contributed by atoms with van der Waals surface area (Å²) in [6, 6.07) is 15.1. The molecule has 0 radical (unpaired) electrons. The number of hydrogen-bond acceptors (Lipinski definition) is 6. The van der Waals surface area contributed by atoms with Crippen LogP contribution in [0, 0.1) is 0 Å². The number of nitrogens with zero attached hydrogens (tertiary/aromatic N) is 1. The van der Waals surface area contributed by atoms with Gasteiger partial charge in [0.05, 0.1) is 43.2 Å². The maximum Gasteiger partial charge on any atom is 0.323 e. The fraction of sp³-hybridized carbons (Fsp3) is 0.120. The highest BCUT2D eigenvalue weighted by molar-refractivity contribution is 9.10. The molecule has 0 saturated heterocycles. The molecule has 2 amide bonds. The highest BCUT2D eigenvalue weighted by atomic mass is 79.9. The van der Waals surface area contributed by atoms with E-state index in [1.807, 2.05) is 6.07 Å². The van der Waals surface area contributed by atoms with E-state index in [2.05, 4.69) is 31.5 Å². The van der Waals surface area contributed by atoms with Gasteiger partial charge < -0.3 is 29.6 Å². The SMILES string of the molecule is COc1ccc(Br)cc1NC(=O)Nc1ccc(Oc2ccnc3cc(OC)c(OC)cc23)cc1Cl. The van der Waals surface area contributed by atoms with Crippen LogP contribution in [-0.2, 0) is 0 Å². The second-order valence-corrected chi connectivity index (χ2v) is 8.52. The third kappa shape index (κ3) is 5.52. The molecule has 0 atom stereocenters. The predicted molar refractivity (Wildman–Crippen MR) is 140 cm³/mol. The van der Waals surface area contributed by atoms with Crippen molar-refractivity contribution in [2.75, 3.05) is 32.0 Å². The Labute approximate surface area is 215 Å². The molecular formula is C25H21BrClN3O5. The molecular weight excluding hydrogens is 538 g/mol.